The van der Waals surface area contributed by atoms with Crippen molar-refractivity contribution in [2.45, 2.75) is 194 Å². The van der Waals surface area contributed by atoms with Crippen molar-refractivity contribution < 1.29 is 28.6 Å². The van der Waals surface area contributed by atoms with Crippen LogP contribution in [-0.2, 0) is 19.0 Å². The average Bonchev–Trinajstić information content (AvgIpc) is 3.68. The van der Waals surface area contributed by atoms with E-state index in [0.717, 1.165) is 63.7 Å². The van der Waals surface area contributed by atoms with E-state index < -0.39 is 12.2 Å². The number of allylic oxidation sites excluding steroid dienone is 3. The highest BCUT2D eigenvalue weighted by molar-refractivity contribution is 6.19. The fourth-order valence-corrected chi connectivity index (χ4v) is 13.8. The largest absolute Gasteiger partial charge is 0.462 e. The summed E-state index contributed by atoms with van der Waals surface area (Å²) in [7, 11) is 0. The molecular weight excluding hydrogens is 926 g/mol. The van der Waals surface area contributed by atoms with Gasteiger partial charge in [0.2, 0.25) is 0 Å². The monoisotopic (exact) mass is 1020 g/mol. The Kier molecular flexibility index (Phi) is 27.7. The van der Waals surface area contributed by atoms with E-state index in [9.17, 15) is 14.4 Å². The molecule has 0 radical (unpaired) electrons. The Balaban J connectivity index is 1.21. The number of esters is 1. The second-order valence-electron chi connectivity index (χ2n) is 21.3. The van der Waals surface area contributed by atoms with Crippen LogP contribution in [0.5, 0.6) is 0 Å². The molecule has 8 atom stereocenters. The molecule has 0 saturated heterocycles. The van der Waals surface area contributed by atoms with Crippen molar-refractivity contribution in [1.29, 1.82) is 0 Å². The maximum absolute atomic E-state index is 13.0. The second-order valence-corrected chi connectivity index (χ2v) is 22.8. The molecule has 0 bridgehead atoms. The zero-order valence-corrected chi connectivity index (χ0v) is 45.4. The number of hydrogen-bond acceptors (Lipinski definition) is 6. The van der Waals surface area contributed by atoms with Gasteiger partial charge in [-0.25, -0.2) is 9.59 Å². The number of hydrogen-bond donors (Lipinski definition) is 0. The molecule has 0 N–H and O–H groups in total. The summed E-state index contributed by atoms with van der Waals surface area (Å²) in [6, 6.07) is 0. The molecule has 3 saturated carbocycles. The summed E-state index contributed by atoms with van der Waals surface area (Å²) in [5, 5.41) is 0. The molecule has 8 nitrogen and oxygen atoms in total. The van der Waals surface area contributed by atoms with E-state index in [1.54, 1.807) is 5.57 Å². The second kappa shape index (κ2) is 31.9. The summed E-state index contributed by atoms with van der Waals surface area (Å²) in [5.74, 6) is 4.39. The molecule has 67 heavy (non-hydrogen) atoms. The van der Waals surface area contributed by atoms with E-state index in [-0.39, 0.29) is 36.6 Å². The zero-order valence-electron chi connectivity index (χ0n) is 42.4. The summed E-state index contributed by atoms with van der Waals surface area (Å²) in [6.07, 6.45) is 35.5. The van der Waals surface area contributed by atoms with E-state index in [4.69, 9.17) is 60.6 Å². The van der Waals surface area contributed by atoms with Gasteiger partial charge in [0.05, 0.1) is 13.2 Å². The van der Waals surface area contributed by atoms with Gasteiger partial charge in [-0.05, 0) is 124 Å². The average molecular weight is 1020 g/mol. The Morgan fingerprint density at radius 3 is 1.85 bits per heavy atom. The number of carbonyl (C=O) groups excluding carboxylic acids is 3. The summed E-state index contributed by atoms with van der Waals surface area (Å²) in [5.41, 5.74) is 2.09. The Bertz CT molecular complexity index is 1460. The SMILES string of the molecule is CCCCCCCC/C=C\CCCCCCCC(=O)O[C@H]1CC[C@@]2(C)C(=CCC3C2CC[C@@]2(C)C3CC[C@@H]2C(C)CCCC(COC(=O)N(CCCl)CCCl)COC(=O)N(CCCl)CCCl)C1. The normalized spacial score (nSPS) is 26.1. The highest BCUT2D eigenvalue weighted by atomic mass is 35.5. The summed E-state index contributed by atoms with van der Waals surface area (Å²) in [6.45, 7) is 11.6. The molecule has 0 heterocycles. The number of alkyl halides is 4. The highest BCUT2D eigenvalue weighted by Crippen LogP contribution is 2.67. The standard InChI is InChI=1S/C55H92Cl4N2O6/c1-5-6-7-8-9-10-11-12-13-14-15-16-17-18-19-23-51(62)67-46-28-30-54(3)45(40-46)24-25-47-49-27-26-48(55(49,4)31-29-50(47)54)43(2)21-20-22-44(41-65-52(63)60(36-32-56)37-33-57)42-66-53(64)61(38-34-58)39-35-59/h12-13,24,43-44,46-50H,5-11,14-23,25-42H2,1-4H3/b13-12-/t43?,46-,47?,48+,49?,50?,54-,55+/m0/s1. The van der Waals surface area contributed by atoms with Gasteiger partial charge in [-0.15, -0.1) is 46.4 Å². The number of unbranched alkanes of at least 4 members (excludes halogenated alkanes) is 11. The van der Waals surface area contributed by atoms with Gasteiger partial charge in [0.25, 0.3) is 0 Å². The van der Waals surface area contributed by atoms with Gasteiger partial charge in [-0.3, -0.25) is 4.79 Å². The van der Waals surface area contributed by atoms with Gasteiger partial charge in [0.1, 0.15) is 6.10 Å². The van der Waals surface area contributed by atoms with E-state index in [1.807, 2.05) is 0 Å². The zero-order chi connectivity index (χ0) is 48.5. The summed E-state index contributed by atoms with van der Waals surface area (Å²) >= 11 is 23.8. The van der Waals surface area contributed by atoms with Crippen LogP contribution < -0.4 is 0 Å². The number of rotatable bonds is 33. The third-order valence-corrected chi connectivity index (χ3v) is 17.5. The molecule has 0 aromatic heterocycles. The van der Waals surface area contributed by atoms with Gasteiger partial charge in [-0.2, -0.15) is 0 Å². The first-order chi connectivity index (χ1) is 32.4. The van der Waals surface area contributed by atoms with E-state index in [2.05, 4.69) is 45.9 Å². The van der Waals surface area contributed by atoms with Crippen molar-refractivity contribution in [3.05, 3.63) is 23.8 Å². The quantitative estimate of drug-likeness (QED) is 0.0214. The predicted octanol–water partition coefficient (Wildman–Crippen LogP) is 15.8. The third kappa shape index (κ3) is 18.3. The maximum atomic E-state index is 13.0. The van der Waals surface area contributed by atoms with Crippen LogP contribution in [-0.4, -0.2) is 97.0 Å². The topological polar surface area (TPSA) is 85.4 Å². The van der Waals surface area contributed by atoms with Crippen molar-refractivity contribution in [2.75, 3.05) is 62.9 Å². The van der Waals surface area contributed by atoms with Crippen molar-refractivity contribution in [3.63, 3.8) is 0 Å². The van der Waals surface area contributed by atoms with Crippen LogP contribution in [0.15, 0.2) is 23.8 Å². The van der Waals surface area contributed by atoms with Crippen LogP contribution in [0.25, 0.3) is 0 Å². The summed E-state index contributed by atoms with van der Waals surface area (Å²) < 4.78 is 17.7. The lowest BCUT2D eigenvalue weighted by atomic mass is 9.47. The molecule has 386 valence electrons. The van der Waals surface area contributed by atoms with Gasteiger partial charge in [0.15, 0.2) is 0 Å². The van der Waals surface area contributed by atoms with Crippen LogP contribution in [0.4, 0.5) is 9.59 Å². The number of amides is 2. The Hall–Kier alpha value is -1.35. The highest BCUT2D eigenvalue weighted by Gasteiger charge is 2.59. The van der Waals surface area contributed by atoms with Gasteiger partial charge in [0, 0.05) is 68.5 Å². The molecule has 0 aromatic carbocycles. The molecular formula is C55H92Cl4N2O6. The van der Waals surface area contributed by atoms with Crippen LogP contribution in [0.1, 0.15) is 188 Å². The third-order valence-electron chi connectivity index (χ3n) is 16.9. The van der Waals surface area contributed by atoms with Crippen molar-refractivity contribution >= 4 is 64.6 Å². The van der Waals surface area contributed by atoms with Crippen LogP contribution in [0, 0.1) is 46.3 Å². The first-order valence-electron chi connectivity index (χ1n) is 27.1. The number of fused-ring (bicyclic) bond motifs is 5. The van der Waals surface area contributed by atoms with E-state index in [1.165, 1.54) is 106 Å². The fraction of sp³-hybridized carbons (Fsp3) is 0.873. The van der Waals surface area contributed by atoms with Gasteiger partial charge in [-0.1, -0.05) is 116 Å². The van der Waals surface area contributed by atoms with Crippen LogP contribution in [0.3, 0.4) is 0 Å². The smallest absolute Gasteiger partial charge is 0.409 e. The van der Waals surface area contributed by atoms with Crippen LogP contribution in [0.2, 0.25) is 0 Å². The molecule has 2 amide bonds. The molecule has 0 aromatic rings. The minimum Gasteiger partial charge on any atom is -0.462 e. The first-order valence-corrected chi connectivity index (χ1v) is 29.2. The van der Waals surface area contributed by atoms with Crippen molar-refractivity contribution in [2.24, 2.45) is 46.3 Å². The molecule has 4 aliphatic carbocycles. The molecule has 4 aliphatic rings. The van der Waals surface area contributed by atoms with E-state index >= 15 is 0 Å². The Morgan fingerprint density at radius 2 is 1.27 bits per heavy atom. The number of ether oxygens (including phenoxy) is 3. The number of carbonyl (C=O) groups is 3. The molecule has 4 rings (SSSR count). The van der Waals surface area contributed by atoms with Crippen molar-refractivity contribution in [1.82, 2.24) is 9.80 Å². The summed E-state index contributed by atoms with van der Waals surface area (Å²) in [4.78, 5) is 41.9. The van der Waals surface area contributed by atoms with Gasteiger partial charge < -0.3 is 24.0 Å². The number of halogens is 4. The van der Waals surface area contributed by atoms with E-state index in [0.29, 0.717) is 85.2 Å². The lowest BCUT2D eigenvalue weighted by Crippen LogP contribution is -2.51. The fourth-order valence-electron chi connectivity index (χ4n) is 13.0. The lowest BCUT2D eigenvalue weighted by Gasteiger charge is -2.58. The minimum atomic E-state index is -0.452. The molecule has 3 fully saturated rings. The molecule has 4 unspecified atom stereocenters. The maximum Gasteiger partial charge on any atom is 0.409 e. The predicted molar refractivity (Wildman–Crippen MR) is 280 cm³/mol. The number of nitrogens with zero attached hydrogens (tertiary/aromatic N) is 2. The lowest BCUT2D eigenvalue weighted by molar-refractivity contribution is -0.151. The molecule has 12 heteroatoms. The van der Waals surface area contributed by atoms with Crippen molar-refractivity contribution in [3.8, 4) is 0 Å². The molecule has 0 spiro atoms. The first kappa shape index (κ1) is 58.2. The van der Waals surface area contributed by atoms with Crippen LogP contribution >= 0.6 is 46.4 Å². The Morgan fingerprint density at radius 1 is 0.701 bits per heavy atom. The molecule has 0 aliphatic heterocycles. The van der Waals surface area contributed by atoms with Gasteiger partial charge >= 0.3 is 18.2 Å². The minimum absolute atomic E-state index is 0.00235. The Labute approximate surface area is 428 Å².